The number of anilines is 1. The first kappa shape index (κ1) is 19.5. The molecule has 0 bridgehead atoms. The summed E-state index contributed by atoms with van der Waals surface area (Å²) in [5.41, 5.74) is 2.09. The van der Waals surface area contributed by atoms with Crippen molar-refractivity contribution in [2.75, 3.05) is 19.0 Å². The fourth-order valence-electron chi connectivity index (χ4n) is 3.06. The molecule has 1 amide bonds. The second-order valence-electron chi connectivity index (χ2n) is 6.99. The van der Waals surface area contributed by atoms with E-state index in [1.807, 2.05) is 38.2 Å². The monoisotopic (exact) mass is 380 g/mol. The molecule has 0 radical (unpaired) electrons. The number of nitrogens with one attached hydrogen (secondary N) is 2. The van der Waals surface area contributed by atoms with Crippen molar-refractivity contribution in [2.45, 2.75) is 26.2 Å². The summed E-state index contributed by atoms with van der Waals surface area (Å²) in [7, 11) is 1.62. The van der Waals surface area contributed by atoms with Gasteiger partial charge in [0.1, 0.15) is 5.75 Å². The maximum Gasteiger partial charge on any atom is 0.338 e. The molecule has 0 saturated carbocycles. The average molecular weight is 380 g/mol. The molecule has 6 nitrogen and oxygen atoms in total. The van der Waals surface area contributed by atoms with Crippen LogP contribution in [-0.4, -0.2) is 30.6 Å². The van der Waals surface area contributed by atoms with Crippen molar-refractivity contribution in [1.82, 2.24) is 4.98 Å². The van der Waals surface area contributed by atoms with Crippen LogP contribution in [0.2, 0.25) is 0 Å². The smallest absolute Gasteiger partial charge is 0.338 e. The Hall–Kier alpha value is -3.28. The van der Waals surface area contributed by atoms with Gasteiger partial charge in [-0.3, -0.25) is 4.79 Å². The second-order valence-corrected chi connectivity index (χ2v) is 6.99. The van der Waals surface area contributed by atoms with Crippen LogP contribution in [0.15, 0.2) is 48.7 Å². The van der Waals surface area contributed by atoms with Gasteiger partial charge in [-0.15, -0.1) is 0 Å². The third-order valence-corrected chi connectivity index (χ3v) is 4.78. The summed E-state index contributed by atoms with van der Waals surface area (Å²) in [6, 6.07) is 12.4. The van der Waals surface area contributed by atoms with Gasteiger partial charge in [-0.1, -0.05) is 0 Å². The molecule has 0 aliphatic rings. The fraction of sp³-hybridized carbons (Fsp3) is 0.273. The fourth-order valence-corrected chi connectivity index (χ4v) is 3.06. The highest BCUT2D eigenvalue weighted by molar-refractivity contribution is 6.02. The van der Waals surface area contributed by atoms with Gasteiger partial charge in [-0.05, 0) is 68.8 Å². The van der Waals surface area contributed by atoms with Gasteiger partial charge in [0, 0.05) is 22.8 Å². The first-order valence-electron chi connectivity index (χ1n) is 9.11. The molecule has 6 heteroatoms. The number of rotatable bonds is 6. The van der Waals surface area contributed by atoms with Crippen LogP contribution < -0.4 is 10.1 Å². The maximum atomic E-state index is 13.0. The summed E-state index contributed by atoms with van der Waals surface area (Å²) in [5.74, 6) is 0.202. The Morgan fingerprint density at radius 2 is 1.82 bits per heavy atom. The number of hydrogen-bond acceptors (Lipinski definition) is 4. The van der Waals surface area contributed by atoms with E-state index in [2.05, 4.69) is 10.3 Å². The summed E-state index contributed by atoms with van der Waals surface area (Å²) in [5, 5.41) is 3.87. The highest BCUT2D eigenvalue weighted by atomic mass is 16.5. The number of methoxy groups -OCH3 is 1. The molecule has 1 heterocycles. The van der Waals surface area contributed by atoms with Crippen molar-refractivity contribution in [3.05, 3.63) is 59.8 Å². The van der Waals surface area contributed by atoms with Crippen LogP contribution >= 0.6 is 0 Å². The lowest BCUT2D eigenvalue weighted by atomic mass is 9.83. The minimum Gasteiger partial charge on any atom is -0.497 e. The van der Waals surface area contributed by atoms with Crippen LogP contribution in [0.1, 0.15) is 36.7 Å². The van der Waals surface area contributed by atoms with Crippen molar-refractivity contribution >= 4 is 28.5 Å². The molecule has 0 unspecified atom stereocenters. The van der Waals surface area contributed by atoms with E-state index < -0.39 is 5.41 Å². The highest BCUT2D eigenvalue weighted by Gasteiger charge is 2.32. The normalized spacial score (nSPS) is 11.3. The van der Waals surface area contributed by atoms with E-state index in [1.54, 1.807) is 38.3 Å². The van der Waals surface area contributed by atoms with E-state index in [0.717, 1.165) is 22.2 Å². The van der Waals surface area contributed by atoms with Gasteiger partial charge >= 0.3 is 5.97 Å². The number of aromatic amines is 1. The summed E-state index contributed by atoms with van der Waals surface area (Å²) < 4.78 is 10.3. The molecule has 0 spiro atoms. The molecule has 1 aromatic heterocycles. The molecule has 0 atom stereocenters. The molecule has 3 rings (SSSR count). The van der Waals surface area contributed by atoms with Crippen LogP contribution in [0.4, 0.5) is 5.69 Å². The van der Waals surface area contributed by atoms with Gasteiger partial charge in [0.15, 0.2) is 0 Å². The molecule has 0 saturated heterocycles. The lowest BCUT2D eigenvalue weighted by molar-refractivity contribution is -0.120. The van der Waals surface area contributed by atoms with Crippen molar-refractivity contribution in [2.24, 2.45) is 0 Å². The highest BCUT2D eigenvalue weighted by Crippen LogP contribution is 2.33. The second kappa shape index (κ2) is 7.76. The molecule has 3 aromatic rings. The number of ether oxygens (including phenoxy) is 2. The number of benzene rings is 2. The van der Waals surface area contributed by atoms with Crippen molar-refractivity contribution in [3.8, 4) is 5.75 Å². The van der Waals surface area contributed by atoms with Gasteiger partial charge in [-0.2, -0.15) is 0 Å². The predicted octanol–water partition coefficient (Wildman–Crippen LogP) is 4.27. The van der Waals surface area contributed by atoms with Crippen LogP contribution in [0.3, 0.4) is 0 Å². The zero-order valence-corrected chi connectivity index (χ0v) is 16.5. The number of amides is 1. The lowest BCUT2D eigenvalue weighted by Crippen LogP contribution is -2.34. The number of esters is 1. The van der Waals surface area contributed by atoms with E-state index in [0.29, 0.717) is 17.9 Å². The van der Waals surface area contributed by atoms with E-state index in [4.69, 9.17) is 9.47 Å². The zero-order valence-electron chi connectivity index (χ0n) is 16.5. The quantitative estimate of drug-likeness (QED) is 0.626. The molecule has 0 fully saturated rings. The van der Waals surface area contributed by atoms with Crippen LogP contribution in [0, 0.1) is 0 Å². The van der Waals surface area contributed by atoms with E-state index in [-0.39, 0.29) is 11.9 Å². The van der Waals surface area contributed by atoms with Crippen molar-refractivity contribution in [1.29, 1.82) is 0 Å². The zero-order chi connectivity index (χ0) is 20.3. The lowest BCUT2D eigenvalue weighted by Gasteiger charge is -2.23. The maximum absolute atomic E-state index is 13.0. The van der Waals surface area contributed by atoms with Crippen LogP contribution in [0.25, 0.3) is 10.9 Å². The third kappa shape index (κ3) is 3.71. The summed E-state index contributed by atoms with van der Waals surface area (Å²) >= 11 is 0. The van der Waals surface area contributed by atoms with Gasteiger partial charge in [0.25, 0.3) is 0 Å². The van der Waals surface area contributed by atoms with Gasteiger partial charge in [0.2, 0.25) is 5.91 Å². The Labute approximate surface area is 163 Å². The molecular formula is C22H24N2O4. The number of aromatic nitrogens is 1. The predicted molar refractivity (Wildman–Crippen MR) is 109 cm³/mol. The first-order valence-corrected chi connectivity index (χ1v) is 9.11. The number of carbonyl (C=O) groups excluding carboxylic acids is 2. The number of fused-ring (bicyclic) bond motifs is 1. The SMILES string of the molecule is CCOC(=O)c1ccc(NC(=O)C(C)(C)c2c[nH]c3ccc(OC)cc23)cc1. The van der Waals surface area contributed by atoms with Gasteiger partial charge < -0.3 is 19.8 Å². The summed E-state index contributed by atoms with van der Waals surface area (Å²) in [6.45, 7) is 5.82. The van der Waals surface area contributed by atoms with E-state index in [9.17, 15) is 9.59 Å². The molecule has 146 valence electrons. The average Bonchev–Trinajstić information content (AvgIpc) is 3.12. The molecule has 0 aliphatic heterocycles. The Balaban J connectivity index is 1.82. The van der Waals surface area contributed by atoms with Crippen LogP contribution in [0.5, 0.6) is 5.75 Å². The largest absolute Gasteiger partial charge is 0.497 e. The summed E-state index contributed by atoms with van der Waals surface area (Å²) in [6.07, 6.45) is 1.85. The standard InChI is InChI=1S/C22H24N2O4/c1-5-28-20(25)14-6-8-15(9-7-14)24-21(26)22(2,3)18-13-23-19-11-10-16(27-4)12-17(18)19/h6-13,23H,5H2,1-4H3,(H,24,26). The molecule has 28 heavy (non-hydrogen) atoms. The Morgan fingerprint density at radius 3 is 2.46 bits per heavy atom. The van der Waals surface area contributed by atoms with Crippen molar-refractivity contribution in [3.63, 3.8) is 0 Å². The summed E-state index contributed by atoms with van der Waals surface area (Å²) in [4.78, 5) is 28.0. The van der Waals surface area contributed by atoms with Gasteiger partial charge in [-0.25, -0.2) is 4.79 Å². The molecule has 0 aliphatic carbocycles. The third-order valence-electron chi connectivity index (χ3n) is 4.78. The Kier molecular flexibility index (Phi) is 5.40. The Bertz CT molecular complexity index is 1000. The number of carbonyl (C=O) groups is 2. The molecule has 2 N–H and O–H groups in total. The first-order chi connectivity index (χ1) is 13.4. The number of hydrogen-bond donors (Lipinski definition) is 2. The van der Waals surface area contributed by atoms with E-state index in [1.165, 1.54) is 0 Å². The van der Waals surface area contributed by atoms with E-state index >= 15 is 0 Å². The van der Waals surface area contributed by atoms with Gasteiger partial charge in [0.05, 0.1) is 24.7 Å². The Morgan fingerprint density at radius 1 is 1.11 bits per heavy atom. The topological polar surface area (TPSA) is 80.4 Å². The molecular weight excluding hydrogens is 356 g/mol. The molecule has 2 aromatic carbocycles. The van der Waals surface area contributed by atoms with Crippen LogP contribution in [-0.2, 0) is 14.9 Å². The minimum atomic E-state index is -0.787. The minimum absolute atomic E-state index is 0.153. The number of H-pyrrole nitrogens is 1. The van der Waals surface area contributed by atoms with Crippen molar-refractivity contribution < 1.29 is 19.1 Å².